The first-order valence-electron chi connectivity index (χ1n) is 17.5. The van der Waals surface area contributed by atoms with Crippen LogP contribution in [0.15, 0.2) is 18.2 Å². The molecule has 3 aromatic heterocycles. The Labute approximate surface area is 292 Å². The van der Waals surface area contributed by atoms with Crippen molar-refractivity contribution in [3.8, 4) is 0 Å². The monoisotopic (exact) mass is 684 g/mol. The van der Waals surface area contributed by atoms with Gasteiger partial charge in [0, 0.05) is 57.1 Å². The predicted molar refractivity (Wildman–Crippen MR) is 192 cm³/mol. The molecule has 3 N–H and O–H groups in total. The lowest BCUT2D eigenvalue weighted by molar-refractivity contribution is -0.144. The number of H-pyrrole nitrogens is 2. The average Bonchev–Trinajstić information content (AvgIpc) is 3.76. The highest BCUT2D eigenvalue weighted by molar-refractivity contribution is 6.25. The molecule has 2 aliphatic rings. The Kier molecular flexibility index (Phi) is 11.3. The molecule has 2 aliphatic heterocycles. The molecule has 0 aliphatic carbocycles. The van der Waals surface area contributed by atoms with Gasteiger partial charge in [-0.25, -0.2) is 9.78 Å². The van der Waals surface area contributed by atoms with E-state index >= 15 is 0 Å². The summed E-state index contributed by atoms with van der Waals surface area (Å²) in [5.41, 5.74) is 10.6. The molecule has 3 aromatic rings. The van der Waals surface area contributed by atoms with Crippen LogP contribution < -0.4 is 0 Å². The highest BCUT2D eigenvalue weighted by atomic mass is 16.5. The number of hydrogen-bond donors (Lipinski definition) is 3. The highest BCUT2D eigenvalue weighted by Crippen LogP contribution is 2.44. The maximum Gasteiger partial charge on any atom is 0.340 e. The number of fused-ring (bicyclic) bond motifs is 8. The van der Waals surface area contributed by atoms with E-state index < -0.39 is 11.9 Å². The van der Waals surface area contributed by atoms with Crippen LogP contribution in [0.25, 0.3) is 33.2 Å². The number of carbonyl (C=O) groups is 3. The summed E-state index contributed by atoms with van der Waals surface area (Å²) in [7, 11) is 0. The number of rotatable bonds is 11. The zero-order valence-electron chi connectivity index (χ0n) is 30.3. The minimum Gasteiger partial charge on any atom is -0.466 e. The van der Waals surface area contributed by atoms with Crippen molar-refractivity contribution in [2.45, 2.75) is 99.5 Å². The van der Waals surface area contributed by atoms with Gasteiger partial charge in [0.1, 0.15) is 0 Å². The van der Waals surface area contributed by atoms with Gasteiger partial charge in [0.05, 0.1) is 55.5 Å². The second kappa shape index (κ2) is 15.4. The second-order valence-electron chi connectivity index (χ2n) is 12.7. The zero-order valence-corrected chi connectivity index (χ0v) is 30.3. The minimum atomic E-state index is -0.546. The number of esters is 3. The van der Waals surface area contributed by atoms with E-state index in [1.165, 1.54) is 0 Å². The number of aryl methyl sites for hydroxylation is 3. The molecule has 0 fully saturated rings. The number of aromatic nitrogens is 4. The molecule has 11 nitrogen and oxygen atoms in total. The van der Waals surface area contributed by atoms with Crippen LogP contribution in [-0.2, 0) is 48.0 Å². The Bertz CT molecular complexity index is 2020. The van der Waals surface area contributed by atoms with Gasteiger partial charge < -0.3 is 29.3 Å². The standard InChI is InChI=1S/C39H48N4O7/c1-9-24-20(5)29-17-33-27(19-44)22(7)28(41-33)16-30-21(6)25(13-14-34(45)48-10-2)37(42-30)26(15-35(46)49-11-3)38-36(39(47)50-12-4)23(8)31(43-38)18-32(24)40-29/h16-18,21,25,40-41,44H,9-15,19H2,1-8H3/t21-,25-/m0/s1. The van der Waals surface area contributed by atoms with Crippen molar-refractivity contribution in [3.63, 3.8) is 0 Å². The number of hydrogen-bond acceptors (Lipinski definition) is 9. The summed E-state index contributed by atoms with van der Waals surface area (Å²) in [5, 5.41) is 10.5. The molecule has 266 valence electrons. The largest absolute Gasteiger partial charge is 0.466 e. The van der Waals surface area contributed by atoms with Gasteiger partial charge in [-0.05, 0) is 94.8 Å². The predicted octanol–water partition coefficient (Wildman–Crippen LogP) is 6.82. The molecule has 0 spiro atoms. The third kappa shape index (κ3) is 6.96. The fraction of sp³-hybridized carbons (Fsp3) is 0.462. The first-order chi connectivity index (χ1) is 24.0. The highest BCUT2D eigenvalue weighted by Gasteiger charge is 2.36. The smallest absolute Gasteiger partial charge is 0.340 e. The van der Waals surface area contributed by atoms with Crippen molar-refractivity contribution >= 4 is 51.1 Å². The van der Waals surface area contributed by atoms with Crippen molar-refractivity contribution in [1.82, 2.24) is 19.9 Å². The van der Waals surface area contributed by atoms with Crippen molar-refractivity contribution in [1.29, 1.82) is 0 Å². The summed E-state index contributed by atoms with van der Waals surface area (Å²) >= 11 is 0. The van der Waals surface area contributed by atoms with Gasteiger partial charge in [-0.3, -0.25) is 14.6 Å². The van der Waals surface area contributed by atoms with E-state index in [0.717, 1.165) is 56.4 Å². The van der Waals surface area contributed by atoms with Crippen LogP contribution in [-0.4, -0.2) is 62.8 Å². The van der Waals surface area contributed by atoms with Gasteiger partial charge in [0.15, 0.2) is 0 Å². The molecule has 0 saturated heterocycles. The van der Waals surface area contributed by atoms with Crippen LogP contribution in [0.1, 0.15) is 117 Å². The summed E-state index contributed by atoms with van der Waals surface area (Å²) in [4.78, 5) is 57.0. The van der Waals surface area contributed by atoms with Gasteiger partial charge in [-0.2, -0.15) is 0 Å². The minimum absolute atomic E-state index is 0.141. The summed E-state index contributed by atoms with van der Waals surface area (Å²) in [6.07, 6.45) is 1.09. The Morgan fingerprint density at radius 1 is 0.780 bits per heavy atom. The number of ether oxygens (including phenoxy) is 3. The fourth-order valence-electron chi connectivity index (χ4n) is 7.13. The van der Waals surface area contributed by atoms with Crippen molar-refractivity contribution in [3.05, 3.63) is 68.8 Å². The van der Waals surface area contributed by atoms with Crippen molar-refractivity contribution < 1.29 is 33.7 Å². The molecular weight excluding hydrogens is 636 g/mol. The Morgan fingerprint density at radius 2 is 1.40 bits per heavy atom. The third-order valence-electron chi connectivity index (χ3n) is 9.84. The summed E-state index contributed by atoms with van der Waals surface area (Å²) < 4.78 is 16.3. The number of nitrogens with one attached hydrogen (secondary N) is 2. The molecule has 5 heterocycles. The summed E-state index contributed by atoms with van der Waals surface area (Å²) in [6.45, 7) is 15.7. The molecule has 8 bridgehead atoms. The molecular formula is C39H48N4O7. The molecule has 2 atom stereocenters. The van der Waals surface area contributed by atoms with E-state index in [4.69, 9.17) is 24.2 Å². The molecule has 11 heteroatoms. The van der Waals surface area contributed by atoms with E-state index in [-0.39, 0.29) is 62.6 Å². The van der Waals surface area contributed by atoms with Crippen LogP contribution in [0.2, 0.25) is 0 Å². The van der Waals surface area contributed by atoms with E-state index in [0.29, 0.717) is 34.6 Å². The van der Waals surface area contributed by atoms with Crippen LogP contribution in [0, 0.1) is 13.8 Å². The SMILES string of the molecule is CCOC(=O)CC[C@@H]1c2nc(cc3[nH]c(cc4[nH]c(cc5nc(c2CC(=O)OCC)C(C(=O)OCC)=C5C)c(CC)c4C)c(CO)c3C)[C@H]1C. The number of aliphatic hydroxyl groups excluding tert-OH is 1. The maximum atomic E-state index is 13.7. The van der Waals surface area contributed by atoms with Gasteiger partial charge in [0.2, 0.25) is 0 Å². The fourth-order valence-corrected chi connectivity index (χ4v) is 7.13. The van der Waals surface area contributed by atoms with Crippen LogP contribution in [0.3, 0.4) is 0 Å². The van der Waals surface area contributed by atoms with Crippen molar-refractivity contribution in [2.24, 2.45) is 0 Å². The lowest BCUT2D eigenvalue weighted by atomic mass is 9.84. The number of nitrogens with zero attached hydrogens (tertiary/aromatic N) is 2. The molecule has 0 saturated carbocycles. The number of aliphatic hydroxyl groups is 1. The van der Waals surface area contributed by atoms with Crippen LogP contribution in [0.4, 0.5) is 0 Å². The zero-order chi connectivity index (χ0) is 36.3. The van der Waals surface area contributed by atoms with E-state index in [1.807, 2.05) is 39.0 Å². The van der Waals surface area contributed by atoms with Crippen molar-refractivity contribution in [2.75, 3.05) is 19.8 Å². The van der Waals surface area contributed by atoms with E-state index in [2.05, 4.69) is 23.8 Å². The molecule has 5 rings (SSSR count). The molecule has 50 heavy (non-hydrogen) atoms. The topological polar surface area (TPSA) is 156 Å². The van der Waals surface area contributed by atoms with E-state index in [9.17, 15) is 19.5 Å². The van der Waals surface area contributed by atoms with Gasteiger partial charge in [0.25, 0.3) is 0 Å². The number of aromatic amines is 2. The van der Waals surface area contributed by atoms with Gasteiger partial charge in [-0.1, -0.05) is 13.8 Å². The van der Waals surface area contributed by atoms with Gasteiger partial charge in [-0.15, -0.1) is 0 Å². The maximum absolute atomic E-state index is 13.7. The van der Waals surface area contributed by atoms with E-state index in [1.54, 1.807) is 20.8 Å². The van der Waals surface area contributed by atoms with Crippen LogP contribution >= 0.6 is 0 Å². The quantitative estimate of drug-likeness (QED) is 0.146. The summed E-state index contributed by atoms with van der Waals surface area (Å²) in [6, 6.07) is 5.91. The van der Waals surface area contributed by atoms with Gasteiger partial charge >= 0.3 is 17.9 Å². The first-order valence-corrected chi connectivity index (χ1v) is 17.5. The third-order valence-corrected chi connectivity index (χ3v) is 9.84. The molecule has 0 amide bonds. The molecule has 0 aromatic carbocycles. The summed E-state index contributed by atoms with van der Waals surface area (Å²) in [5.74, 6) is -1.86. The Hall–Kier alpha value is -4.77. The Morgan fingerprint density at radius 3 is 2.04 bits per heavy atom. The first kappa shape index (κ1) is 36.5. The number of allylic oxidation sites excluding steroid dienone is 1. The lowest BCUT2D eigenvalue weighted by Gasteiger charge is -2.18. The number of carbonyl (C=O) groups excluding carboxylic acids is 3. The van der Waals surface area contributed by atoms with Crippen LogP contribution in [0.5, 0.6) is 0 Å². The Balaban J connectivity index is 1.98. The second-order valence-corrected chi connectivity index (χ2v) is 12.7. The molecule has 0 radical (unpaired) electrons. The molecule has 0 unspecified atom stereocenters. The normalized spacial score (nSPS) is 15.7. The average molecular weight is 685 g/mol. The lowest BCUT2D eigenvalue weighted by Crippen LogP contribution is -2.16.